The maximum absolute atomic E-state index is 11.6. The van der Waals surface area contributed by atoms with Gasteiger partial charge in [-0.3, -0.25) is 4.79 Å². The topological polar surface area (TPSA) is 50.8 Å². The van der Waals surface area contributed by atoms with Crippen molar-refractivity contribution in [2.45, 2.75) is 13.0 Å². The predicted octanol–water partition coefficient (Wildman–Crippen LogP) is -0.530. The van der Waals surface area contributed by atoms with Gasteiger partial charge in [0.05, 0.1) is 25.9 Å². The smallest absolute Gasteiger partial charge is 0.239 e. The van der Waals surface area contributed by atoms with Crippen molar-refractivity contribution in [2.24, 2.45) is 0 Å². The molecule has 5 heteroatoms. The summed E-state index contributed by atoms with van der Waals surface area (Å²) in [6.45, 7) is 5.98. The SMILES string of the molecule is COCCOCCN1CCNC(C)C1=O. The van der Waals surface area contributed by atoms with E-state index in [2.05, 4.69) is 5.32 Å². The zero-order valence-electron chi connectivity index (χ0n) is 9.49. The van der Waals surface area contributed by atoms with E-state index in [9.17, 15) is 4.79 Å². The van der Waals surface area contributed by atoms with Gasteiger partial charge in [-0.1, -0.05) is 0 Å². The number of hydrogen-bond donors (Lipinski definition) is 1. The molecule has 1 unspecified atom stereocenters. The summed E-state index contributed by atoms with van der Waals surface area (Å²) in [5.41, 5.74) is 0. The van der Waals surface area contributed by atoms with Crippen LogP contribution in [0.15, 0.2) is 0 Å². The fourth-order valence-corrected chi connectivity index (χ4v) is 1.53. The molecule has 0 bridgehead atoms. The fourth-order valence-electron chi connectivity index (χ4n) is 1.53. The van der Waals surface area contributed by atoms with Crippen molar-refractivity contribution >= 4 is 5.91 Å². The highest BCUT2D eigenvalue weighted by Crippen LogP contribution is 2.00. The number of rotatable bonds is 6. The Morgan fingerprint density at radius 3 is 3.00 bits per heavy atom. The normalized spacial score (nSPS) is 22.1. The number of amides is 1. The predicted molar refractivity (Wildman–Crippen MR) is 56.7 cm³/mol. The molecular formula is C10H20N2O3. The Morgan fingerprint density at radius 1 is 1.47 bits per heavy atom. The summed E-state index contributed by atoms with van der Waals surface area (Å²) in [7, 11) is 1.64. The molecular weight excluding hydrogens is 196 g/mol. The minimum absolute atomic E-state index is 0.0577. The highest BCUT2D eigenvalue weighted by atomic mass is 16.5. The van der Waals surface area contributed by atoms with Crippen molar-refractivity contribution in [3.63, 3.8) is 0 Å². The number of piperazine rings is 1. The van der Waals surface area contributed by atoms with Gasteiger partial charge in [0, 0.05) is 26.7 Å². The average Bonchev–Trinajstić information content (AvgIpc) is 2.24. The summed E-state index contributed by atoms with van der Waals surface area (Å²) in [4.78, 5) is 13.5. The third-order valence-corrected chi connectivity index (χ3v) is 2.45. The Hall–Kier alpha value is -0.650. The van der Waals surface area contributed by atoms with Crippen molar-refractivity contribution in [3.05, 3.63) is 0 Å². The maximum atomic E-state index is 11.6. The molecule has 1 aliphatic rings. The second-order valence-corrected chi connectivity index (χ2v) is 3.61. The third kappa shape index (κ3) is 4.15. The maximum Gasteiger partial charge on any atom is 0.239 e. The number of methoxy groups -OCH3 is 1. The van der Waals surface area contributed by atoms with Gasteiger partial charge in [0.2, 0.25) is 5.91 Å². The molecule has 1 N–H and O–H groups in total. The Kier molecular flexibility index (Phi) is 5.60. The van der Waals surface area contributed by atoms with E-state index < -0.39 is 0 Å². The quantitative estimate of drug-likeness (QED) is 0.606. The van der Waals surface area contributed by atoms with Gasteiger partial charge < -0.3 is 19.7 Å². The molecule has 5 nitrogen and oxygen atoms in total. The number of hydrogen-bond acceptors (Lipinski definition) is 4. The molecule has 0 aromatic heterocycles. The van der Waals surface area contributed by atoms with Crippen LogP contribution in [0.5, 0.6) is 0 Å². The molecule has 0 spiro atoms. The van der Waals surface area contributed by atoms with E-state index in [1.54, 1.807) is 7.11 Å². The van der Waals surface area contributed by atoms with Gasteiger partial charge in [0.25, 0.3) is 0 Å². The van der Waals surface area contributed by atoms with Crippen LogP contribution in [0.4, 0.5) is 0 Å². The highest BCUT2D eigenvalue weighted by molar-refractivity contribution is 5.82. The van der Waals surface area contributed by atoms with E-state index in [-0.39, 0.29) is 11.9 Å². The van der Waals surface area contributed by atoms with Crippen LogP contribution in [0.2, 0.25) is 0 Å². The molecule has 15 heavy (non-hydrogen) atoms. The van der Waals surface area contributed by atoms with Gasteiger partial charge in [-0.2, -0.15) is 0 Å². The first-order valence-corrected chi connectivity index (χ1v) is 5.34. The molecule has 1 heterocycles. The summed E-state index contributed by atoms with van der Waals surface area (Å²) in [5, 5.41) is 3.12. The highest BCUT2D eigenvalue weighted by Gasteiger charge is 2.23. The van der Waals surface area contributed by atoms with E-state index in [0.29, 0.717) is 26.4 Å². The summed E-state index contributed by atoms with van der Waals surface area (Å²) in [6, 6.07) is -0.0577. The number of ether oxygens (including phenoxy) is 2. The lowest BCUT2D eigenvalue weighted by Gasteiger charge is -2.31. The van der Waals surface area contributed by atoms with E-state index in [4.69, 9.17) is 9.47 Å². The first kappa shape index (κ1) is 12.4. The van der Waals surface area contributed by atoms with Crippen LogP contribution in [0, 0.1) is 0 Å². The lowest BCUT2D eigenvalue weighted by atomic mass is 10.2. The Morgan fingerprint density at radius 2 is 2.27 bits per heavy atom. The molecule has 1 saturated heterocycles. The molecule has 0 saturated carbocycles. The minimum Gasteiger partial charge on any atom is -0.382 e. The van der Waals surface area contributed by atoms with Crippen LogP contribution < -0.4 is 5.32 Å². The van der Waals surface area contributed by atoms with Gasteiger partial charge >= 0.3 is 0 Å². The zero-order valence-corrected chi connectivity index (χ0v) is 9.49. The Labute approximate surface area is 90.7 Å². The molecule has 0 radical (unpaired) electrons. The third-order valence-electron chi connectivity index (χ3n) is 2.45. The van der Waals surface area contributed by atoms with Gasteiger partial charge in [-0.15, -0.1) is 0 Å². The van der Waals surface area contributed by atoms with Gasteiger partial charge in [0.15, 0.2) is 0 Å². The molecule has 1 rings (SSSR count). The number of nitrogens with one attached hydrogen (secondary N) is 1. The van der Waals surface area contributed by atoms with Gasteiger partial charge in [0.1, 0.15) is 0 Å². The van der Waals surface area contributed by atoms with Crippen LogP contribution in [0.25, 0.3) is 0 Å². The van der Waals surface area contributed by atoms with Crippen LogP contribution >= 0.6 is 0 Å². The Balaban J connectivity index is 2.12. The van der Waals surface area contributed by atoms with Crippen LogP contribution in [-0.2, 0) is 14.3 Å². The van der Waals surface area contributed by atoms with E-state index in [1.165, 1.54) is 0 Å². The van der Waals surface area contributed by atoms with Crippen molar-refractivity contribution in [1.29, 1.82) is 0 Å². The van der Waals surface area contributed by atoms with Gasteiger partial charge in [-0.25, -0.2) is 0 Å². The molecule has 0 aromatic rings. The standard InChI is InChI=1S/C10H20N2O3/c1-9-10(13)12(4-3-11-9)5-6-15-8-7-14-2/h9,11H,3-8H2,1-2H3. The van der Waals surface area contributed by atoms with E-state index in [0.717, 1.165) is 13.1 Å². The zero-order chi connectivity index (χ0) is 11.1. The Bertz CT molecular complexity index is 199. The van der Waals surface area contributed by atoms with Crippen molar-refractivity contribution in [2.75, 3.05) is 46.6 Å². The second-order valence-electron chi connectivity index (χ2n) is 3.61. The molecule has 0 aromatic carbocycles. The van der Waals surface area contributed by atoms with E-state index in [1.807, 2.05) is 11.8 Å². The van der Waals surface area contributed by atoms with Crippen molar-refractivity contribution < 1.29 is 14.3 Å². The lowest BCUT2D eigenvalue weighted by Crippen LogP contribution is -2.54. The van der Waals surface area contributed by atoms with Gasteiger partial charge in [-0.05, 0) is 6.92 Å². The summed E-state index contributed by atoms with van der Waals surface area (Å²) < 4.78 is 10.2. The molecule has 1 atom stereocenters. The van der Waals surface area contributed by atoms with E-state index >= 15 is 0 Å². The first-order valence-electron chi connectivity index (χ1n) is 5.34. The molecule has 1 fully saturated rings. The summed E-state index contributed by atoms with van der Waals surface area (Å²) in [5.74, 6) is 0.164. The number of nitrogens with zero attached hydrogens (tertiary/aromatic N) is 1. The first-order chi connectivity index (χ1) is 7.25. The molecule has 88 valence electrons. The second kappa shape index (κ2) is 6.76. The fraction of sp³-hybridized carbons (Fsp3) is 0.900. The molecule has 0 aliphatic carbocycles. The molecule has 1 aliphatic heterocycles. The summed E-state index contributed by atoms with van der Waals surface area (Å²) >= 11 is 0. The molecule has 1 amide bonds. The number of carbonyl (C=O) groups excluding carboxylic acids is 1. The number of carbonyl (C=O) groups is 1. The monoisotopic (exact) mass is 216 g/mol. The lowest BCUT2D eigenvalue weighted by molar-refractivity contribution is -0.136. The van der Waals surface area contributed by atoms with Crippen LogP contribution in [-0.4, -0.2) is 63.4 Å². The summed E-state index contributed by atoms with van der Waals surface area (Å²) in [6.07, 6.45) is 0. The van der Waals surface area contributed by atoms with Crippen LogP contribution in [0.3, 0.4) is 0 Å². The van der Waals surface area contributed by atoms with Crippen molar-refractivity contribution in [3.8, 4) is 0 Å². The van der Waals surface area contributed by atoms with Crippen molar-refractivity contribution in [1.82, 2.24) is 10.2 Å². The minimum atomic E-state index is -0.0577. The largest absolute Gasteiger partial charge is 0.382 e. The van der Waals surface area contributed by atoms with Crippen LogP contribution in [0.1, 0.15) is 6.92 Å². The average molecular weight is 216 g/mol.